The molecule has 0 saturated carbocycles. The molecule has 2 aliphatic rings. The molecule has 2 nitrogen and oxygen atoms in total. The van der Waals surface area contributed by atoms with Crippen LogP contribution in [-0.2, 0) is 9.47 Å². The fourth-order valence-corrected chi connectivity index (χ4v) is 4.17. The fraction of sp³-hybridized carbons (Fsp3) is 0.375. The number of thioether (sulfide) groups is 2. The quantitative estimate of drug-likeness (QED) is 0.598. The first kappa shape index (κ1) is 13.0. The van der Waals surface area contributed by atoms with Crippen LogP contribution in [0.3, 0.4) is 0 Å². The average Bonchev–Trinajstić information content (AvgIpc) is 3.37. The molecule has 0 aromatic heterocycles. The van der Waals surface area contributed by atoms with Crippen LogP contribution < -0.4 is 0 Å². The van der Waals surface area contributed by atoms with E-state index < -0.39 is 0 Å². The standard InChI is InChI=1S/C16H16O2S2/c1-2-11-6-14(19-9-12-7-17-12)4-5-15(11)16(3-1)20-10-13-8-18-13/h1-6,12-13H,7-10H2. The molecule has 2 saturated heterocycles. The van der Waals surface area contributed by atoms with E-state index in [0.29, 0.717) is 12.2 Å². The third kappa shape index (κ3) is 3.14. The summed E-state index contributed by atoms with van der Waals surface area (Å²) in [6.45, 7) is 1.87. The van der Waals surface area contributed by atoms with Crippen molar-refractivity contribution in [2.45, 2.75) is 22.0 Å². The maximum absolute atomic E-state index is 5.29. The predicted molar refractivity (Wildman–Crippen MR) is 84.9 cm³/mol. The molecular weight excluding hydrogens is 288 g/mol. The van der Waals surface area contributed by atoms with Crippen molar-refractivity contribution >= 4 is 34.3 Å². The molecule has 2 aliphatic heterocycles. The Morgan fingerprint density at radius 2 is 1.70 bits per heavy atom. The molecule has 2 aromatic carbocycles. The van der Waals surface area contributed by atoms with Crippen LogP contribution in [0.1, 0.15) is 0 Å². The molecular formula is C16H16O2S2. The van der Waals surface area contributed by atoms with Gasteiger partial charge in [-0.25, -0.2) is 0 Å². The second-order valence-corrected chi connectivity index (χ2v) is 7.33. The highest BCUT2D eigenvalue weighted by Crippen LogP contribution is 2.33. The lowest BCUT2D eigenvalue weighted by Crippen LogP contribution is -1.90. The van der Waals surface area contributed by atoms with Crippen molar-refractivity contribution in [3.05, 3.63) is 36.4 Å². The Labute approximate surface area is 127 Å². The number of fused-ring (bicyclic) bond motifs is 1. The highest BCUT2D eigenvalue weighted by atomic mass is 32.2. The summed E-state index contributed by atoms with van der Waals surface area (Å²) >= 11 is 3.79. The molecule has 0 amide bonds. The smallest absolute Gasteiger partial charge is 0.0903 e. The molecule has 2 heterocycles. The minimum absolute atomic E-state index is 0.476. The maximum Gasteiger partial charge on any atom is 0.0903 e. The number of benzene rings is 2. The van der Waals surface area contributed by atoms with Gasteiger partial charge in [0.05, 0.1) is 25.4 Å². The van der Waals surface area contributed by atoms with Gasteiger partial charge in [0.25, 0.3) is 0 Å². The van der Waals surface area contributed by atoms with E-state index in [9.17, 15) is 0 Å². The molecule has 2 unspecified atom stereocenters. The Hall–Kier alpha value is -0.680. The summed E-state index contributed by atoms with van der Waals surface area (Å²) in [4.78, 5) is 2.70. The van der Waals surface area contributed by atoms with Crippen molar-refractivity contribution < 1.29 is 9.47 Å². The van der Waals surface area contributed by atoms with Crippen LogP contribution in [0.4, 0.5) is 0 Å². The molecule has 2 fully saturated rings. The van der Waals surface area contributed by atoms with Gasteiger partial charge >= 0.3 is 0 Å². The summed E-state index contributed by atoms with van der Waals surface area (Å²) in [5.41, 5.74) is 0. The van der Waals surface area contributed by atoms with Gasteiger partial charge in [-0.05, 0) is 29.0 Å². The Bertz CT molecular complexity index is 621. The summed E-state index contributed by atoms with van der Waals surface area (Å²) in [5.74, 6) is 2.13. The lowest BCUT2D eigenvalue weighted by molar-refractivity contribution is 0.426. The first-order valence-corrected chi connectivity index (χ1v) is 8.87. The normalized spacial score (nSPS) is 24.0. The minimum Gasteiger partial charge on any atom is -0.372 e. The Morgan fingerprint density at radius 3 is 2.45 bits per heavy atom. The molecule has 0 spiro atoms. The van der Waals surface area contributed by atoms with Crippen molar-refractivity contribution in [2.75, 3.05) is 24.7 Å². The van der Waals surface area contributed by atoms with Crippen molar-refractivity contribution in [2.24, 2.45) is 0 Å². The van der Waals surface area contributed by atoms with Crippen LogP contribution in [0, 0.1) is 0 Å². The van der Waals surface area contributed by atoms with E-state index in [1.807, 2.05) is 23.5 Å². The number of ether oxygens (including phenoxy) is 2. The van der Waals surface area contributed by atoms with Gasteiger partial charge in [0.2, 0.25) is 0 Å². The molecule has 0 radical (unpaired) electrons. The third-order valence-electron chi connectivity index (χ3n) is 3.48. The zero-order valence-electron chi connectivity index (χ0n) is 11.1. The first-order valence-electron chi connectivity index (χ1n) is 6.90. The summed E-state index contributed by atoms with van der Waals surface area (Å²) < 4.78 is 10.5. The largest absolute Gasteiger partial charge is 0.372 e. The van der Waals surface area contributed by atoms with Crippen molar-refractivity contribution in [1.82, 2.24) is 0 Å². The topological polar surface area (TPSA) is 25.1 Å². The minimum atomic E-state index is 0.476. The SMILES string of the molecule is c1cc(SCC2CO2)c2ccc(SCC3CO3)cc2c1. The summed E-state index contributed by atoms with van der Waals surface area (Å²) in [5, 5.41) is 2.68. The molecule has 0 N–H and O–H groups in total. The zero-order valence-corrected chi connectivity index (χ0v) is 12.7. The van der Waals surface area contributed by atoms with E-state index >= 15 is 0 Å². The Morgan fingerprint density at radius 1 is 0.950 bits per heavy atom. The molecule has 2 atom stereocenters. The molecule has 104 valence electrons. The average molecular weight is 304 g/mol. The van der Waals surface area contributed by atoms with Gasteiger partial charge in [-0.1, -0.05) is 18.2 Å². The summed E-state index contributed by atoms with van der Waals surface area (Å²) in [6.07, 6.45) is 0.958. The van der Waals surface area contributed by atoms with E-state index in [2.05, 4.69) is 36.4 Å². The lowest BCUT2D eigenvalue weighted by atomic mass is 10.1. The van der Waals surface area contributed by atoms with Crippen LogP contribution in [0.25, 0.3) is 10.8 Å². The summed E-state index contributed by atoms with van der Waals surface area (Å²) in [6, 6.07) is 13.3. The monoisotopic (exact) mass is 304 g/mol. The van der Waals surface area contributed by atoms with Gasteiger partial charge in [0.1, 0.15) is 0 Å². The first-order chi connectivity index (χ1) is 9.88. The van der Waals surface area contributed by atoms with Crippen LogP contribution in [0.5, 0.6) is 0 Å². The van der Waals surface area contributed by atoms with E-state index in [1.54, 1.807) is 0 Å². The van der Waals surface area contributed by atoms with E-state index in [0.717, 1.165) is 24.7 Å². The van der Waals surface area contributed by atoms with E-state index in [-0.39, 0.29) is 0 Å². The van der Waals surface area contributed by atoms with Gasteiger partial charge < -0.3 is 9.47 Å². The number of hydrogen-bond acceptors (Lipinski definition) is 4. The Balaban J connectivity index is 1.54. The van der Waals surface area contributed by atoms with E-state index in [1.165, 1.54) is 20.6 Å². The van der Waals surface area contributed by atoms with Gasteiger partial charge in [0, 0.05) is 21.3 Å². The number of epoxide rings is 2. The lowest BCUT2D eigenvalue weighted by Gasteiger charge is -2.07. The van der Waals surface area contributed by atoms with Crippen LogP contribution in [-0.4, -0.2) is 36.9 Å². The third-order valence-corrected chi connectivity index (χ3v) is 5.81. The van der Waals surface area contributed by atoms with Crippen molar-refractivity contribution in [1.29, 1.82) is 0 Å². The Kier molecular flexibility index (Phi) is 3.65. The molecule has 4 rings (SSSR count). The zero-order chi connectivity index (χ0) is 13.4. The van der Waals surface area contributed by atoms with Gasteiger partial charge in [0.15, 0.2) is 0 Å². The van der Waals surface area contributed by atoms with Gasteiger partial charge in [-0.2, -0.15) is 0 Å². The predicted octanol–water partition coefficient (Wildman–Crippen LogP) is 3.82. The number of hydrogen-bond donors (Lipinski definition) is 0. The summed E-state index contributed by atoms with van der Waals surface area (Å²) in [7, 11) is 0. The molecule has 2 aromatic rings. The number of rotatable bonds is 6. The van der Waals surface area contributed by atoms with Crippen LogP contribution in [0.2, 0.25) is 0 Å². The maximum atomic E-state index is 5.29. The van der Waals surface area contributed by atoms with Crippen LogP contribution >= 0.6 is 23.5 Å². The van der Waals surface area contributed by atoms with E-state index in [4.69, 9.17) is 9.47 Å². The second-order valence-electron chi connectivity index (χ2n) is 5.17. The second kappa shape index (κ2) is 5.60. The molecule has 0 aliphatic carbocycles. The van der Waals surface area contributed by atoms with Gasteiger partial charge in [-0.3, -0.25) is 0 Å². The molecule has 4 heteroatoms. The highest BCUT2D eigenvalue weighted by molar-refractivity contribution is 7.99. The van der Waals surface area contributed by atoms with Crippen molar-refractivity contribution in [3.63, 3.8) is 0 Å². The molecule has 20 heavy (non-hydrogen) atoms. The highest BCUT2D eigenvalue weighted by Gasteiger charge is 2.23. The van der Waals surface area contributed by atoms with Gasteiger partial charge in [-0.15, -0.1) is 23.5 Å². The fourth-order valence-electron chi connectivity index (χ4n) is 2.15. The molecule has 0 bridgehead atoms. The van der Waals surface area contributed by atoms with Crippen molar-refractivity contribution in [3.8, 4) is 0 Å². The van der Waals surface area contributed by atoms with Crippen LogP contribution in [0.15, 0.2) is 46.2 Å².